The molecule has 10 atom stereocenters. The number of likely N-dealkylation sites (N-methyl/N-ethyl adjacent to an activating group) is 2. The number of ether oxygens (including phenoxy) is 2. The molecule has 1 aromatic carbocycles. The van der Waals surface area contributed by atoms with E-state index < -0.39 is 53.1 Å². The summed E-state index contributed by atoms with van der Waals surface area (Å²) in [5.74, 6) is -1.62. The summed E-state index contributed by atoms with van der Waals surface area (Å²) in [7, 11) is 7.65. The highest BCUT2D eigenvalue weighted by molar-refractivity contribution is 8.31. The summed E-state index contributed by atoms with van der Waals surface area (Å²) in [6.45, 7) is 14.2. The second kappa shape index (κ2) is 25.7. The number of rotatable bonds is 22. The zero-order valence-electron chi connectivity index (χ0n) is 37.6. The zero-order valence-corrected chi connectivity index (χ0v) is 40.2. The van der Waals surface area contributed by atoms with Crippen molar-refractivity contribution >= 4 is 70.8 Å². The standard InChI is InChI=1S/C43H71N7O7S.2ClH/c1-13-28(6)38(49(10)43(55)36(26(2)3)47-42(54)37(27(4)5)48(8)9)34(56-11)22-35(51)50-21-17-20-33(50)39(57-12)29(7)41(53)46-31(30-18-15-14-16-19-30)23-58-24-32(40(44)52)45-25-58;;/h14-16,18-19,24-29,31,33-34,36-39,58H,13,17,20-23H2,1-12H3,(H2,44,52)(H,46,53)(H,47,54);2*1H/t28-,29-,31+,33-,34+,36-,37-,38-,39+;;/m0../s1. The second-order valence-electron chi connectivity index (χ2n) is 16.8. The minimum atomic E-state index is -0.933. The fourth-order valence-electron chi connectivity index (χ4n) is 8.43. The van der Waals surface area contributed by atoms with Gasteiger partial charge >= 0.3 is 0 Å². The molecule has 17 heteroatoms. The number of likely N-dealkylation sites (tertiary alicyclic amines) is 1. The van der Waals surface area contributed by atoms with Crippen LogP contribution in [0, 0.1) is 23.7 Å². The third-order valence-electron chi connectivity index (χ3n) is 11.7. The zero-order chi connectivity index (χ0) is 43.4. The van der Waals surface area contributed by atoms with E-state index in [0.29, 0.717) is 18.7 Å². The average Bonchev–Trinajstić information content (AvgIpc) is 3.87. The minimum Gasteiger partial charge on any atom is -0.379 e. The van der Waals surface area contributed by atoms with Crippen molar-refractivity contribution in [1.82, 2.24) is 25.3 Å². The number of hydrogen-bond donors (Lipinski definition) is 4. The maximum absolute atomic E-state index is 14.3. The van der Waals surface area contributed by atoms with Gasteiger partial charge in [0.1, 0.15) is 11.7 Å². The van der Waals surface area contributed by atoms with E-state index in [-0.39, 0.29) is 90.4 Å². The highest BCUT2D eigenvalue weighted by atomic mass is 35.5. The molecule has 1 aromatic rings. The molecule has 2 aliphatic rings. The Morgan fingerprint density at radius 1 is 0.933 bits per heavy atom. The predicted molar refractivity (Wildman–Crippen MR) is 247 cm³/mol. The minimum absolute atomic E-state index is 0. The Morgan fingerprint density at radius 2 is 1.57 bits per heavy atom. The molecule has 0 aliphatic carbocycles. The van der Waals surface area contributed by atoms with Crippen LogP contribution in [0.15, 0.2) is 46.4 Å². The SMILES string of the molecule is CC[C@H](C)[C@@H]([C@@H](CC(=O)N1CCC[C@H]1[C@H](OC)[C@H](C)C(=O)N[C@H](C[SH]1C=NC(C(N)=O)=C1)c1ccccc1)OC)N(C)C(=O)[C@@H](NC(=O)[C@H](C(C)C)N(C)C)C(C)C.Cl.Cl. The Hall–Kier alpha value is -3.21. The number of nitrogens with two attached hydrogens (primary N) is 1. The summed E-state index contributed by atoms with van der Waals surface area (Å²) in [4.78, 5) is 77.4. The Labute approximate surface area is 373 Å². The molecule has 342 valence electrons. The number of carbonyl (C=O) groups is 5. The van der Waals surface area contributed by atoms with E-state index in [1.807, 2.05) is 103 Å². The first kappa shape index (κ1) is 54.8. The lowest BCUT2D eigenvalue weighted by atomic mass is 9.89. The fraction of sp³-hybridized carbons (Fsp3) is 0.674. The lowest BCUT2D eigenvalue weighted by Crippen LogP contribution is -2.59. The van der Waals surface area contributed by atoms with Crippen LogP contribution in [-0.4, -0.2) is 134 Å². The molecule has 2 aliphatic heterocycles. The van der Waals surface area contributed by atoms with Crippen molar-refractivity contribution in [1.29, 1.82) is 0 Å². The van der Waals surface area contributed by atoms with Gasteiger partial charge in [-0.1, -0.05) is 85.2 Å². The number of carbonyl (C=O) groups excluding carboxylic acids is 5. The van der Waals surface area contributed by atoms with E-state index >= 15 is 0 Å². The maximum Gasteiger partial charge on any atom is 0.267 e. The molecule has 0 radical (unpaired) electrons. The number of amides is 5. The van der Waals surface area contributed by atoms with Crippen molar-refractivity contribution in [2.24, 2.45) is 34.4 Å². The first-order valence-corrected chi connectivity index (χ1v) is 22.3. The van der Waals surface area contributed by atoms with Crippen molar-refractivity contribution < 1.29 is 33.4 Å². The Bertz CT molecular complexity index is 1610. The van der Waals surface area contributed by atoms with Crippen LogP contribution in [0.5, 0.6) is 0 Å². The van der Waals surface area contributed by atoms with Gasteiger partial charge < -0.3 is 35.6 Å². The van der Waals surface area contributed by atoms with Crippen LogP contribution in [0.3, 0.4) is 0 Å². The third kappa shape index (κ3) is 14.2. The topological polar surface area (TPSA) is 176 Å². The predicted octanol–water partition coefficient (Wildman–Crippen LogP) is 4.70. The molecule has 0 bridgehead atoms. The van der Waals surface area contributed by atoms with Gasteiger partial charge in [0, 0.05) is 39.1 Å². The van der Waals surface area contributed by atoms with Crippen molar-refractivity contribution in [3.05, 3.63) is 47.0 Å². The van der Waals surface area contributed by atoms with Crippen molar-refractivity contribution in [3.63, 3.8) is 0 Å². The van der Waals surface area contributed by atoms with Crippen LogP contribution in [0.25, 0.3) is 0 Å². The molecule has 5 amide bonds. The molecule has 2 heterocycles. The number of nitrogens with one attached hydrogen (secondary N) is 2. The quantitative estimate of drug-likeness (QED) is 0.121. The molecule has 14 nitrogen and oxygen atoms in total. The van der Waals surface area contributed by atoms with Crippen molar-refractivity contribution in [3.8, 4) is 0 Å². The lowest BCUT2D eigenvalue weighted by molar-refractivity contribution is -0.148. The molecule has 0 spiro atoms. The first-order valence-electron chi connectivity index (χ1n) is 20.6. The van der Waals surface area contributed by atoms with E-state index in [1.165, 1.54) is 0 Å². The summed E-state index contributed by atoms with van der Waals surface area (Å²) in [6, 6.07) is 7.32. The van der Waals surface area contributed by atoms with E-state index in [0.717, 1.165) is 18.4 Å². The van der Waals surface area contributed by atoms with Gasteiger partial charge in [0.25, 0.3) is 5.91 Å². The summed E-state index contributed by atoms with van der Waals surface area (Å²) < 4.78 is 12.1. The van der Waals surface area contributed by atoms with Gasteiger partial charge in [-0.15, -0.1) is 24.8 Å². The average molecular weight is 903 g/mol. The maximum atomic E-state index is 14.3. The number of benzene rings is 1. The number of primary amides is 1. The van der Waals surface area contributed by atoms with Gasteiger partial charge in [-0.3, -0.25) is 28.9 Å². The summed E-state index contributed by atoms with van der Waals surface area (Å²) in [5.41, 5.74) is 8.35. The largest absolute Gasteiger partial charge is 0.379 e. The normalized spacial score (nSPS) is 20.8. The van der Waals surface area contributed by atoms with Crippen LogP contribution in [0.1, 0.15) is 85.8 Å². The van der Waals surface area contributed by atoms with E-state index in [4.69, 9.17) is 15.2 Å². The molecular weight excluding hydrogens is 829 g/mol. The number of hydrogen-bond acceptors (Lipinski definition) is 9. The van der Waals surface area contributed by atoms with Crippen LogP contribution < -0.4 is 16.4 Å². The highest BCUT2D eigenvalue weighted by Gasteiger charge is 2.43. The molecule has 1 fully saturated rings. The van der Waals surface area contributed by atoms with Gasteiger partial charge in [-0.05, 0) is 55.7 Å². The number of methoxy groups -OCH3 is 2. The monoisotopic (exact) mass is 901 g/mol. The van der Waals surface area contributed by atoms with Crippen LogP contribution >= 0.6 is 35.7 Å². The third-order valence-corrected chi connectivity index (χ3v) is 13.5. The molecule has 0 saturated carbocycles. The lowest BCUT2D eigenvalue weighted by Gasteiger charge is -2.41. The van der Waals surface area contributed by atoms with E-state index in [2.05, 4.69) is 15.6 Å². The smallest absolute Gasteiger partial charge is 0.267 e. The summed E-state index contributed by atoms with van der Waals surface area (Å²) >= 11 is 0. The van der Waals surface area contributed by atoms with Crippen LogP contribution in [0.4, 0.5) is 0 Å². The molecule has 1 saturated heterocycles. The Morgan fingerprint density at radius 3 is 2.07 bits per heavy atom. The Kier molecular flexibility index (Phi) is 23.4. The van der Waals surface area contributed by atoms with E-state index in [9.17, 15) is 24.0 Å². The van der Waals surface area contributed by atoms with Crippen LogP contribution in [0.2, 0.25) is 0 Å². The van der Waals surface area contributed by atoms with Gasteiger partial charge in [-0.25, -0.2) is 4.99 Å². The molecule has 1 unspecified atom stereocenters. The second-order valence-corrected chi connectivity index (χ2v) is 18.6. The van der Waals surface area contributed by atoms with E-state index in [1.54, 1.807) is 37.1 Å². The highest BCUT2D eigenvalue weighted by Crippen LogP contribution is 2.36. The number of thiol groups is 1. The summed E-state index contributed by atoms with van der Waals surface area (Å²) in [5, 5.41) is 8.06. The molecule has 0 aromatic heterocycles. The van der Waals surface area contributed by atoms with Crippen LogP contribution in [-0.2, 0) is 33.4 Å². The molecular formula is C43H73Cl2N7O7S. The molecule has 4 N–H and O–H groups in total. The molecule has 3 rings (SSSR count). The fourth-order valence-corrected chi connectivity index (χ4v) is 10.2. The molecule has 60 heavy (non-hydrogen) atoms. The number of nitrogens with zero attached hydrogens (tertiary/aromatic N) is 4. The van der Waals surface area contributed by atoms with Gasteiger partial charge in [0.05, 0.1) is 48.7 Å². The van der Waals surface area contributed by atoms with Gasteiger partial charge in [-0.2, -0.15) is 10.9 Å². The number of aliphatic imine (C=N–C) groups is 1. The van der Waals surface area contributed by atoms with Gasteiger partial charge in [0.2, 0.25) is 23.6 Å². The van der Waals surface area contributed by atoms with Gasteiger partial charge in [0.15, 0.2) is 0 Å². The number of halogens is 2. The summed E-state index contributed by atoms with van der Waals surface area (Å²) in [6.07, 6.45) is 0.943. The Balaban J connectivity index is 0.00000900. The first-order chi connectivity index (χ1) is 27.4. The van der Waals surface area contributed by atoms with Crippen molar-refractivity contribution in [2.45, 2.75) is 117 Å². The van der Waals surface area contributed by atoms with Crippen molar-refractivity contribution in [2.75, 3.05) is 47.7 Å².